The van der Waals surface area contributed by atoms with E-state index in [1.54, 1.807) is 6.33 Å². The molecule has 0 radical (unpaired) electrons. The van der Waals surface area contributed by atoms with Gasteiger partial charge in [0.25, 0.3) is 0 Å². The summed E-state index contributed by atoms with van der Waals surface area (Å²) in [6, 6.07) is 4.64. The number of nitrogens with one attached hydrogen (secondary N) is 1. The molecule has 1 aliphatic heterocycles. The molecule has 1 N–H and O–H groups in total. The number of nitrogens with zero attached hydrogens (tertiary/aromatic N) is 7. The summed E-state index contributed by atoms with van der Waals surface area (Å²) in [4.78, 5) is 16.9. The van der Waals surface area contributed by atoms with Crippen LogP contribution in [-0.4, -0.2) is 59.9 Å². The SMILES string of the molecule is CN(Cc1cn(CC2CCN(Cc3cnc[nH]3)CC2)nn1)C1CCCc2cccnc21. The van der Waals surface area contributed by atoms with Crippen LogP contribution in [0.3, 0.4) is 0 Å². The lowest BCUT2D eigenvalue weighted by molar-refractivity contribution is 0.163. The van der Waals surface area contributed by atoms with Crippen molar-refractivity contribution in [3.63, 3.8) is 0 Å². The third-order valence-electron chi connectivity index (χ3n) is 6.80. The Balaban J connectivity index is 1.13. The van der Waals surface area contributed by atoms with Crippen LogP contribution in [0.4, 0.5) is 0 Å². The number of hydrogen-bond donors (Lipinski definition) is 1. The second kappa shape index (κ2) is 9.28. The van der Waals surface area contributed by atoms with Crippen molar-refractivity contribution in [1.82, 2.24) is 39.7 Å². The van der Waals surface area contributed by atoms with Gasteiger partial charge in [-0.3, -0.25) is 19.5 Å². The summed E-state index contributed by atoms with van der Waals surface area (Å²) in [6.07, 6.45) is 13.7. The van der Waals surface area contributed by atoms with Gasteiger partial charge in [-0.25, -0.2) is 4.98 Å². The van der Waals surface area contributed by atoms with Crippen molar-refractivity contribution in [2.24, 2.45) is 5.92 Å². The fraction of sp³-hybridized carbons (Fsp3) is 0.565. The maximum absolute atomic E-state index is 4.68. The first-order valence-corrected chi connectivity index (χ1v) is 11.5. The lowest BCUT2D eigenvalue weighted by atomic mass is 9.91. The molecule has 8 nitrogen and oxygen atoms in total. The van der Waals surface area contributed by atoms with Crippen LogP contribution in [0.2, 0.25) is 0 Å². The average Bonchev–Trinajstić information content (AvgIpc) is 3.47. The summed E-state index contributed by atoms with van der Waals surface area (Å²) >= 11 is 0. The summed E-state index contributed by atoms with van der Waals surface area (Å²) in [5, 5.41) is 8.90. The van der Waals surface area contributed by atoms with Crippen molar-refractivity contribution in [2.45, 2.75) is 57.8 Å². The number of aromatic nitrogens is 6. The molecule has 0 spiro atoms. The smallest absolute Gasteiger partial charge is 0.0967 e. The van der Waals surface area contributed by atoms with Crippen LogP contribution >= 0.6 is 0 Å². The Labute approximate surface area is 183 Å². The summed E-state index contributed by atoms with van der Waals surface area (Å²) in [7, 11) is 2.18. The second-order valence-corrected chi connectivity index (χ2v) is 9.10. The van der Waals surface area contributed by atoms with E-state index in [1.807, 2.05) is 17.1 Å². The van der Waals surface area contributed by atoms with E-state index in [0.29, 0.717) is 12.0 Å². The topological polar surface area (TPSA) is 78.8 Å². The zero-order valence-electron chi connectivity index (χ0n) is 18.3. The summed E-state index contributed by atoms with van der Waals surface area (Å²) < 4.78 is 2.05. The molecular formula is C23H32N8. The molecule has 1 atom stereocenters. The number of imidazole rings is 1. The molecular weight excluding hydrogens is 388 g/mol. The van der Waals surface area contributed by atoms with Gasteiger partial charge in [-0.05, 0) is 69.8 Å². The minimum atomic E-state index is 0.370. The van der Waals surface area contributed by atoms with E-state index in [4.69, 9.17) is 0 Å². The molecule has 0 saturated carbocycles. The van der Waals surface area contributed by atoms with Crippen LogP contribution in [0.5, 0.6) is 0 Å². The van der Waals surface area contributed by atoms with Crippen molar-refractivity contribution in [3.05, 3.63) is 59.7 Å². The van der Waals surface area contributed by atoms with Crippen molar-refractivity contribution in [2.75, 3.05) is 20.1 Å². The predicted octanol–water partition coefficient (Wildman–Crippen LogP) is 2.82. The number of aromatic amines is 1. The van der Waals surface area contributed by atoms with Crippen LogP contribution in [0.1, 0.15) is 54.4 Å². The lowest BCUT2D eigenvalue weighted by Crippen LogP contribution is -2.34. The standard InChI is InChI=1S/C23H32N8/c1-29(22-6-2-4-19-5-3-9-25-23(19)22)14-21-16-31(28-27-21)13-18-7-10-30(11-8-18)15-20-12-24-17-26-20/h3,5,9,12,16-18,22H,2,4,6-8,10-11,13-15H2,1H3,(H,24,26). The van der Waals surface area contributed by atoms with Gasteiger partial charge in [-0.15, -0.1) is 5.10 Å². The number of piperidine rings is 1. The van der Waals surface area contributed by atoms with Crippen molar-refractivity contribution >= 4 is 0 Å². The molecule has 0 aromatic carbocycles. The zero-order chi connectivity index (χ0) is 21.0. The van der Waals surface area contributed by atoms with Crippen LogP contribution in [-0.2, 0) is 26.1 Å². The van der Waals surface area contributed by atoms with Gasteiger partial charge in [0.05, 0.1) is 23.8 Å². The third kappa shape index (κ3) is 4.85. The van der Waals surface area contributed by atoms with Gasteiger partial charge in [0.15, 0.2) is 0 Å². The molecule has 3 aromatic rings. The van der Waals surface area contributed by atoms with E-state index in [0.717, 1.165) is 51.3 Å². The van der Waals surface area contributed by atoms with Crippen LogP contribution in [0.25, 0.3) is 0 Å². The summed E-state index contributed by atoms with van der Waals surface area (Å²) in [5.74, 6) is 0.666. The molecule has 5 rings (SSSR count). The highest BCUT2D eigenvalue weighted by atomic mass is 15.4. The number of hydrogen-bond acceptors (Lipinski definition) is 6. The van der Waals surface area contributed by atoms with Gasteiger partial charge in [0.1, 0.15) is 0 Å². The molecule has 1 fully saturated rings. The quantitative estimate of drug-likeness (QED) is 0.633. The van der Waals surface area contributed by atoms with E-state index in [-0.39, 0.29) is 0 Å². The molecule has 2 aliphatic rings. The van der Waals surface area contributed by atoms with Crippen molar-refractivity contribution < 1.29 is 0 Å². The highest BCUT2D eigenvalue weighted by molar-refractivity contribution is 5.25. The third-order valence-corrected chi connectivity index (χ3v) is 6.80. The van der Waals surface area contributed by atoms with Crippen LogP contribution in [0.15, 0.2) is 37.1 Å². The molecule has 164 valence electrons. The van der Waals surface area contributed by atoms with E-state index in [9.17, 15) is 0 Å². The first-order valence-electron chi connectivity index (χ1n) is 11.5. The fourth-order valence-corrected chi connectivity index (χ4v) is 5.08. The van der Waals surface area contributed by atoms with Crippen LogP contribution in [0, 0.1) is 5.92 Å². The number of pyridine rings is 1. The average molecular weight is 421 g/mol. The van der Waals surface area contributed by atoms with E-state index in [2.05, 4.69) is 60.4 Å². The molecule has 1 saturated heterocycles. The highest BCUT2D eigenvalue weighted by Gasteiger charge is 2.26. The van der Waals surface area contributed by atoms with Crippen molar-refractivity contribution in [1.29, 1.82) is 0 Å². The monoisotopic (exact) mass is 420 g/mol. The number of rotatable bonds is 7. The normalized spacial score (nSPS) is 20.3. The molecule has 0 bridgehead atoms. The Morgan fingerprint density at radius 1 is 1.23 bits per heavy atom. The summed E-state index contributed by atoms with van der Waals surface area (Å²) in [5.41, 5.74) is 4.88. The number of fused-ring (bicyclic) bond motifs is 1. The van der Waals surface area contributed by atoms with E-state index in [1.165, 1.54) is 36.2 Å². The maximum Gasteiger partial charge on any atom is 0.0967 e. The first kappa shape index (κ1) is 20.3. The largest absolute Gasteiger partial charge is 0.347 e. The molecule has 4 heterocycles. The zero-order valence-corrected chi connectivity index (χ0v) is 18.3. The Bertz CT molecular complexity index is 958. The Morgan fingerprint density at radius 3 is 2.97 bits per heavy atom. The van der Waals surface area contributed by atoms with Gasteiger partial charge < -0.3 is 4.98 Å². The minimum absolute atomic E-state index is 0.370. The highest BCUT2D eigenvalue weighted by Crippen LogP contribution is 2.32. The second-order valence-electron chi connectivity index (χ2n) is 9.10. The molecule has 3 aromatic heterocycles. The number of aryl methyl sites for hydroxylation is 1. The predicted molar refractivity (Wildman–Crippen MR) is 118 cm³/mol. The summed E-state index contributed by atoms with van der Waals surface area (Å²) in [6.45, 7) is 4.99. The maximum atomic E-state index is 4.68. The van der Waals surface area contributed by atoms with Gasteiger partial charge in [-0.1, -0.05) is 11.3 Å². The van der Waals surface area contributed by atoms with Gasteiger partial charge in [-0.2, -0.15) is 0 Å². The van der Waals surface area contributed by atoms with Gasteiger partial charge in [0, 0.05) is 43.9 Å². The van der Waals surface area contributed by atoms with E-state index < -0.39 is 0 Å². The molecule has 8 heteroatoms. The molecule has 1 unspecified atom stereocenters. The Hall–Kier alpha value is -2.58. The Morgan fingerprint density at radius 2 is 2.13 bits per heavy atom. The van der Waals surface area contributed by atoms with Gasteiger partial charge >= 0.3 is 0 Å². The fourth-order valence-electron chi connectivity index (χ4n) is 5.08. The molecule has 0 amide bonds. The molecule has 1 aliphatic carbocycles. The minimum Gasteiger partial charge on any atom is -0.347 e. The Kier molecular flexibility index (Phi) is 6.08. The number of likely N-dealkylation sites (tertiary alicyclic amines) is 1. The van der Waals surface area contributed by atoms with Crippen LogP contribution < -0.4 is 0 Å². The number of H-pyrrole nitrogens is 1. The van der Waals surface area contributed by atoms with E-state index >= 15 is 0 Å². The lowest BCUT2D eigenvalue weighted by Gasteiger charge is -2.31. The van der Waals surface area contributed by atoms with Gasteiger partial charge in [0.2, 0.25) is 0 Å². The first-order chi connectivity index (χ1) is 15.2. The van der Waals surface area contributed by atoms with Crippen molar-refractivity contribution in [3.8, 4) is 0 Å². The molecule has 31 heavy (non-hydrogen) atoms.